The minimum atomic E-state index is -4.98. The summed E-state index contributed by atoms with van der Waals surface area (Å²) in [5, 5.41) is 21.2. The van der Waals surface area contributed by atoms with Crippen molar-refractivity contribution in [3.05, 3.63) is 51.7 Å². The SMILES string of the molecule is Cc1ccc(Nc2c(NSC3(CC(O)CO)CC3)cn(C)c(=O)c2C(F)(F)F)c(F)c1. The standard InChI is InChI=1S/C20H23F4N3O3S/c1-11-3-4-14(13(21)7-11)25-17-15(9-27(2)18(30)16(17)20(22,23)24)26-31-19(5-6-19)8-12(29)10-28/h3-4,7,9,12,25-26,28-29H,5-6,8,10H2,1-2H3. The van der Waals surface area contributed by atoms with Gasteiger partial charge in [0.2, 0.25) is 0 Å². The molecule has 4 N–H and O–H groups in total. The lowest BCUT2D eigenvalue weighted by molar-refractivity contribution is -0.138. The van der Waals surface area contributed by atoms with Crippen LogP contribution in [0.4, 0.5) is 34.6 Å². The first-order chi connectivity index (χ1) is 14.5. The Morgan fingerprint density at radius 2 is 1.97 bits per heavy atom. The lowest BCUT2D eigenvalue weighted by atomic mass is 10.1. The predicted molar refractivity (Wildman–Crippen MR) is 112 cm³/mol. The Balaban J connectivity index is 2.01. The maximum absolute atomic E-state index is 14.3. The normalized spacial score (nSPS) is 16.1. The van der Waals surface area contributed by atoms with E-state index in [2.05, 4.69) is 10.0 Å². The zero-order valence-electron chi connectivity index (χ0n) is 16.9. The summed E-state index contributed by atoms with van der Waals surface area (Å²) in [4.78, 5) is 12.3. The highest BCUT2D eigenvalue weighted by Gasteiger charge is 2.46. The van der Waals surface area contributed by atoms with Crippen LogP contribution in [-0.2, 0) is 13.2 Å². The van der Waals surface area contributed by atoms with Gasteiger partial charge in [0.25, 0.3) is 5.56 Å². The maximum atomic E-state index is 14.3. The molecule has 0 amide bonds. The van der Waals surface area contributed by atoms with Crippen LogP contribution in [0.3, 0.4) is 0 Å². The van der Waals surface area contributed by atoms with Crippen LogP contribution < -0.4 is 15.6 Å². The Labute approximate surface area is 180 Å². The monoisotopic (exact) mass is 461 g/mol. The van der Waals surface area contributed by atoms with E-state index >= 15 is 0 Å². The molecule has 1 heterocycles. The summed E-state index contributed by atoms with van der Waals surface area (Å²) >= 11 is 1.11. The summed E-state index contributed by atoms with van der Waals surface area (Å²) in [6, 6.07) is 4.02. The Hall–Kier alpha value is -2.24. The van der Waals surface area contributed by atoms with E-state index in [0.717, 1.165) is 16.5 Å². The fourth-order valence-electron chi connectivity index (χ4n) is 3.21. The molecule has 1 unspecified atom stereocenters. The number of aliphatic hydroxyl groups is 2. The molecule has 1 atom stereocenters. The number of alkyl halides is 3. The number of pyridine rings is 1. The molecule has 0 spiro atoms. The summed E-state index contributed by atoms with van der Waals surface area (Å²) in [5.74, 6) is -0.753. The number of benzene rings is 1. The van der Waals surface area contributed by atoms with Gasteiger partial charge in [0.15, 0.2) is 0 Å². The van der Waals surface area contributed by atoms with Gasteiger partial charge in [-0.15, -0.1) is 0 Å². The summed E-state index contributed by atoms with van der Waals surface area (Å²) < 4.78 is 59.0. The van der Waals surface area contributed by atoms with Crippen molar-refractivity contribution < 1.29 is 27.8 Å². The first kappa shape index (κ1) is 23.4. The molecule has 0 radical (unpaired) electrons. The Kier molecular flexibility index (Phi) is 6.59. The summed E-state index contributed by atoms with van der Waals surface area (Å²) in [5.41, 5.74) is -2.95. The van der Waals surface area contributed by atoms with Crippen LogP contribution in [0.25, 0.3) is 0 Å². The first-order valence-corrected chi connectivity index (χ1v) is 10.3. The third-order valence-electron chi connectivity index (χ3n) is 5.05. The Morgan fingerprint density at radius 3 is 2.52 bits per heavy atom. The van der Waals surface area contributed by atoms with Crippen molar-refractivity contribution in [3.63, 3.8) is 0 Å². The lowest BCUT2D eigenvalue weighted by Gasteiger charge is -2.23. The van der Waals surface area contributed by atoms with E-state index in [-0.39, 0.29) is 17.8 Å². The summed E-state index contributed by atoms with van der Waals surface area (Å²) in [7, 11) is 1.20. The van der Waals surface area contributed by atoms with Crippen LogP contribution in [0.1, 0.15) is 30.4 Å². The lowest BCUT2D eigenvalue weighted by Crippen LogP contribution is -2.29. The molecule has 2 aromatic rings. The molecule has 1 aromatic carbocycles. The smallest absolute Gasteiger partial charge is 0.394 e. The van der Waals surface area contributed by atoms with Gasteiger partial charge in [-0.2, -0.15) is 13.2 Å². The molecule has 1 aliphatic rings. The molecule has 0 bridgehead atoms. The highest BCUT2D eigenvalue weighted by atomic mass is 32.2. The Morgan fingerprint density at radius 1 is 1.29 bits per heavy atom. The quantitative estimate of drug-likeness (QED) is 0.352. The first-order valence-electron chi connectivity index (χ1n) is 9.53. The second kappa shape index (κ2) is 8.71. The van der Waals surface area contributed by atoms with E-state index in [1.807, 2.05) is 0 Å². The van der Waals surface area contributed by atoms with Gasteiger partial charge in [-0.25, -0.2) is 4.39 Å². The molecule has 6 nitrogen and oxygen atoms in total. The van der Waals surface area contributed by atoms with E-state index in [0.29, 0.717) is 18.4 Å². The second-order valence-electron chi connectivity index (χ2n) is 7.74. The molecule has 1 fully saturated rings. The minimum absolute atomic E-state index is 0.0517. The van der Waals surface area contributed by atoms with E-state index in [9.17, 15) is 27.5 Å². The van der Waals surface area contributed by atoms with E-state index in [4.69, 9.17) is 5.11 Å². The van der Waals surface area contributed by atoms with Crippen LogP contribution in [0, 0.1) is 12.7 Å². The second-order valence-corrected chi connectivity index (χ2v) is 9.02. The molecule has 31 heavy (non-hydrogen) atoms. The maximum Gasteiger partial charge on any atom is 0.423 e. The number of aliphatic hydroxyl groups excluding tert-OH is 2. The van der Waals surface area contributed by atoms with Crippen molar-refractivity contribution in [1.29, 1.82) is 0 Å². The number of nitrogens with zero attached hydrogens (tertiary/aromatic N) is 1. The van der Waals surface area contributed by atoms with Crippen LogP contribution in [0.15, 0.2) is 29.2 Å². The number of nitrogens with one attached hydrogen (secondary N) is 2. The predicted octanol–water partition coefficient (Wildman–Crippen LogP) is 3.93. The van der Waals surface area contributed by atoms with Crippen molar-refractivity contribution in [2.75, 3.05) is 16.6 Å². The number of hydrogen-bond acceptors (Lipinski definition) is 6. The third-order valence-corrected chi connectivity index (χ3v) is 6.38. The summed E-state index contributed by atoms with van der Waals surface area (Å²) in [6.45, 7) is 1.23. The third kappa shape index (κ3) is 5.34. The molecule has 0 saturated heterocycles. The molecule has 0 aliphatic heterocycles. The van der Waals surface area contributed by atoms with Crippen molar-refractivity contribution in [2.45, 2.75) is 43.2 Å². The number of aryl methyl sites for hydroxylation is 2. The van der Waals surface area contributed by atoms with Gasteiger partial charge in [-0.05, 0) is 55.8 Å². The van der Waals surface area contributed by atoms with Gasteiger partial charge in [-0.3, -0.25) is 4.79 Å². The van der Waals surface area contributed by atoms with Gasteiger partial charge >= 0.3 is 6.18 Å². The highest BCUT2D eigenvalue weighted by molar-refractivity contribution is 8.02. The largest absolute Gasteiger partial charge is 0.423 e. The van der Waals surface area contributed by atoms with Crippen molar-refractivity contribution in [1.82, 2.24) is 4.57 Å². The van der Waals surface area contributed by atoms with Gasteiger partial charge < -0.3 is 24.8 Å². The fourth-order valence-corrected chi connectivity index (χ4v) is 4.27. The van der Waals surface area contributed by atoms with Crippen LogP contribution in [0.5, 0.6) is 0 Å². The van der Waals surface area contributed by atoms with E-state index < -0.39 is 46.3 Å². The van der Waals surface area contributed by atoms with Gasteiger partial charge in [0.1, 0.15) is 11.4 Å². The number of hydrogen-bond donors (Lipinski definition) is 4. The zero-order chi connectivity index (χ0) is 23.0. The number of aromatic nitrogens is 1. The van der Waals surface area contributed by atoms with Crippen molar-refractivity contribution >= 4 is 29.0 Å². The number of anilines is 3. The molecule has 1 saturated carbocycles. The van der Waals surface area contributed by atoms with Crippen molar-refractivity contribution in [2.24, 2.45) is 7.05 Å². The molecule has 3 rings (SSSR count). The van der Waals surface area contributed by atoms with Gasteiger partial charge in [-0.1, -0.05) is 6.07 Å². The minimum Gasteiger partial charge on any atom is -0.394 e. The van der Waals surface area contributed by atoms with Crippen LogP contribution in [0.2, 0.25) is 0 Å². The Bertz CT molecular complexity index is 1020. The average Bonchev–Trinajstić information content (AvgIpc) is 3.43. The summed E-state index contributed by atoms with van der Waals surface area (Å²) in [6.07, 6.45) is -3.05. The number of rotatable bonds is 8. The van der Waals surface area contributed by atoms with Crippen molar-refractivity contribution in [3.8, 4) is 0 Å². The van der Waals surface area contributed by atoms with Gasteiger partial charge in [0, 0.05) is 18.0 Å². The molecule has 1 aliphatic carbocycles. The molecule has 11 heteroatoms. The molecule has 170 valence electrons. The van der Waals surface area contributed by atoms with Crippen LogP contribution >= 0.6 is 11.9 Å². The zero-order valence-corrected chi connectivity index (χ0v) is 17.7. The van der Waals surface area contributed by atoms with Gasteiger partial charge in [0.05, 0.1) is 29.8 Å². The van der Waals surface area contributed by atoms with Crippen LogP contribution in [-0.4, -0.2) is 32.2 Å². The average molecular weight is 461 g/mol. The highest BCUT2D eigenvalue weighted by Crippen LogP contribution is 2.52. The molecular formula is C20H23F4N3O3S. The number of halogens is 4. The fraction of sp³-hybridized carbons (Fsp3) is 0.450. The van der Waals surface area contributed by atoms with E-state index in [1.165, 1.54) is 31.4 Å². The molecule has 1 aromatic heterocycles. The van der Waals surface area contributed by atoms with E-state index in [1.54, 1.807) is 6.92 Å². The topological polar surface area (TPSA) is 86.5 Å². The molecular weight excluding hydrogens is 438 g/mol.